The number of nitrogens with two attached hydrogens (primary N) is 1. The maximum absolute atomic E-state index is 8.90. The van der Waals surface area contributed by atoms with Crippen LogP contribution in [-0.4, -0.2) is 6.61 Å². The monoisotopic (exact) mass is 190 g/mol. The summed E-state index contributed by atoms with van der Waals surface area (Å²) in [4.78, 5) is 0. The summed E-state index contributed by atoms with van der Waals surface area (Å²) >= 11 is 0. The molecule has 1 aromatic rings. The summed E-state index contributed by atoms with van der Waals surface area (Å²) in [6, 6.07) is 7.32. The average Bonchev–Trinajstić information content (AvgIpc) is 2.17. The van der Waals surface area contributed by atoms with E-state index >= 15 is 0 Å². The zero-order chi connectivity index (χ0) is 10.6. The number of rotatable bonds is 3. The SMILES string of the molecule is CCOc1cccc(C#N)c1C(C)N. The van der Waals surface area contributed by atoms with Gasteiger partial charge in [0.25, 0.3) is 0 Å². The third-order valence-electron chi connectivity index (χ3n) is 1.94. The van der Waals surface area contributed by atoms with Crippen molar-refractivity contribution in [1.29, 1.82) is 5.26 Å². The van der Waals surface area contributed by atoms with Crippen molar-refractivity contribution in [2.24, 2.45) is 5.73 Å². The third kappa shape index (κ3) is 2.04. The van der Waals surface area contributed by atoms with Crippen molar-refractivity contribution >= 4 is 0 Å². The molecule has 0 fully saturated rings. The lowest BCUT2D eigenvalue weighted by Crippen LogP contribution is -2.10. The van der Waals surface area contributed by atoms with Crippen LogP contribution in [0.1, 0.15) is 31.0 Å². The second-order valence-corrected chi connectivity index (χ2v) is 3.05. The van der Waals surface area contributed by atoms with Crippen LogP contribution in [0.15, 0.2) is 18.2 Å². The summed E-state index contributed by atoms with van der Waals surface area (Å²) < 4.78 is 5.41. The fraction of sp³-hybridized carbons (Fsp3) is 0.364. The molecule has 0 spiro atoms. The lowest BCUT2D eigenvalue weighted by atomic mass is 10.0. The fourth-order valence-corrected chi connectivity index (χ4v) is 1.39. The van der Waals surface area contributed by atoms with Crippen molar-refractivity contribution in [2.75, 3.05) is 6.61 Å². The standard InChI is InChI=1S/C11H14N2O/c1-3-14-10-6-4-5-9(7-12)11(10)8(2)13/h4-6,8H,3,13H2,1-2H3. The Morgan fingerprint density at radius 1 is 1.57 bits per heavy atom. The number of ether oxygens (including phenoxy) is 1. The van der Waals surface area contributed by atoms with Gasteiger partial charge in [0, 0.05) is 11.6 Å². The van der Waals surface area contributed by atoms with E-state index in [-0.39, 0.29) is 6.04 Å². The van der Waals surface area contributed by atoms with Gasteiger partial charge in [0.05, 0.1) is 18.2 Å². The van der Waals surface area contributed by atoms with Crippen LogP contribution in [0.2, 0.25) is 0 Å². The smallest absolute Gasteiger partial charge is 0.125 e. The molecule has 0 heterocycles. The van der Waals surface area contributed by atoms with Gasteiger partial charge in [0.15, 0.2) is 0 Å². The van der Waals surface area contributed by atoms with E-state index in [0.29, 0.717) is 17.9 Å². The molecule has 0 aliphatic carbocycles. The van der Waals surface area contributed by atoms with Gasteiger partial charge in [-0.2, -0.15) is 5.26 Å². The quantitative estimate of drug-likeness (QED) is 0.792. The second-order valence-electron chi connectivity index (χ2n) is 3.05. The van der Waals surface area contributed by atoms with E-state index in [1.807, 2.05) is 19.9 Å². The predicted octanol–water partition coefficient (Wildman–Crippen LogP) is 1.98. The Bertz CT molecular complexity index is 353. The molecule has 0 aliphatic rings. The number of benzene rings is 1. The van der Waals surface area contributed by atoms with Crippen LogP contribution in [0.4, 0.5) is 0 Å². The topological polar surface area (TPSA) is 59.0 Å². The van der Waals surface area contributed by atoms with Crippen molar-refractivity contribution in [2.45, 2.75) is 19.9 Å². The third-order valence-corrected chi connectivity index (χ3v) is 1.94. The Morgan fingerprint density at radius 3 is 2.79 bits per heavy atom. The Labute approximate surface area is 84.1 Å². The maximum atomic E-state index is 8.90. The Kier molecular flexibility index (Phi) is 3.49. The number of nitriles is 1. The first-order valence-electron chi connectivity index (χ1n) is 4.62. The molecule has 0 aromatic heterocycles. The lowest BCUT2D eigenvalue weighted by molar-refractivity contribution is 0.334. The van der Waals surface area contributed by atoms with Crippen molar-refractivity contribution in [3.05, 3.63) is 29.3 Å². The summed E-state index contributed by atoms with van der Waals surface area (Å²) in [7, 11) is 0. The molecule has 0 saturated heterocycles. The predicted molar refractivity (Wildman–Crippen MR) is 54.9 cm³/mol. The second kappa shape index (κ2) is 4.64. The van der Waals surface area contributed by atoms with Gasteiger partial charge in [-0.15, -0.1) is 0 Å². The Balaban J connectivity index is 3.22. The Hall–Kier alpha value is -1.53. The average molecular weight is 190 g/mol. The fourth-order valence-electron chi connectivity index (χ4n) is 1.39. The van der Waals surface area contributed by atoms with Crippen molar-refractivity contribution < 1.29 is 4.74 Å². The van der Waals surface area contributed by atoms with Crippen LogP contribution < -0.4 is 10.5 Å². The minimum atomic E-state index is -0.188. The van der Waals surface area contributed by atoms with E-state index < -0.39 is 0 Å². The molecular weight excluding hydrogens is 176 g/mol. The molecule has 0 aliphatic heterocycles. The highest BCUT2D eigenvalue weighted by molar-refractivity contribution is 5.48. The van der Waals surface area contributed by atoms with E-state index in [1.165, 1.54) is 0 Å². The van der Waals surface area contributed by atoms with Gasteiger partial charge >= 0.3 is 0 Å². The highest BCUT2D eigenvalue weighted by atomic mass is 16.5. The van der Waals surface area contributed by atoms with Crippen LogP contribution in [0.5, 0.6) is 5.75 Å². The van der Waals surface area contributed by atoms with Gasteiger partial charge in [0.2, 0.25) is 0 Å². The number of nitrogens with zero attached hydrogens (tertiary/aromatic N) is 1. The maximum Gasteiger partial charge on any atom is 0.125 e. The molecule has 0 radical (unpaired) electrons. The highest BCUT2D eigenvalue weighted by Gasteiger charge is 2.12. The zero-order valence-electron chi connectivity index (χ0n) is 8.45. The molecule has 0 amide bonds. The molecule has 74 valence electrons. The summed E-state index contributed by atoms with van der Waals surface area (Å²) in [5, 5.41) is 8.90. The molecule has 14 heavy (non-hydrogen) atoms. The minimum absolute atomic E-state index is 0.188. The van der Waals surface area contributed by atoms with Gasteiger partial charge in [-0.25, -0.2) is 0 Å². The molecule has 1 aromatic carbocycles. The van der Waals surface area contributed by atoms with E-state index in [9.17, 15) is 0 Å². The minimum Gasteiger partial charge on any atom is -0.493 e. The first-order chi connectivity index (χ1) is 6.70. The zero-order valence-corrected chi connectivity index (χ0v) is 8.45. The summed E-state index contributed by atoms with van der Waals surface area (Å²) in [6.07, 6.45) is 0. The first kappa shape index (κ1) is 10.6. The summed E-state index contributed by atoms with van der Waals surface area (Å²) in [5.74, 6) is 0.710. The van der Waals surface area contributed by atoms with E-state index in [1.54, 1.807) is 12.1 Å². The summed E-state index contributed by atoms with van der Waals surface area (Å²) in [6.45, 7) is 4.33. The van der Waals surface area contributed by atoms with Crippen molar-refractivity contribution in [3.63, 3.8) is 0 Å². The van der Waals surface area contributed by atoms with E-state index in [4.69, 9.17) is 15.7 Å². The first-order valence-corrected chi connectivity index (χ1v) is 4.62. The molecular formula is C11H14N2O. The Morgan fingerprint density at radius 2 is 2.29 bits per heavy atom. The van der Waals surface area contributed by atoms with E-state index in [0.717, 1.165) is 5.56 Å². The van der Waals surface area contributed by atoms with Crippen molar-refractivity contribution in [1.82, 2.24) is 0 Å². The van der Waals surface area contributed by atoms with Crippen LogP contribution in [-0.2, 0) is 0 Å². The van der Waals surface area contributed by atoms with Crippen LogP contribution in [0, 0.1) is 11.3 Å². The van der Waals surface area contributed by atoms with Gasteiger partial charge in [-0.1, -0.05) is 6.07 Å². The molecule has 3 nitrogen and oxygen atoms in total. The van der Waals surface area contributed by atoms with Crippen LogP contribution in [0.25, 0.3) is 0 Å². The van der Waals surface area contributed by atoms with Crippen LogP contribution in [0.3, 0.4) is 0 Å². The van der Waals surface area contributed by atoms with Gasteiger partial charge in [-0.3, -0.25) is 0 Å². The van der Waals surface area contributed by atoms with Crippen molar-refractivity contribution in [3.8, 4) is 11.8 Å². The number of hydrogen-bond donors (Lipinski definition) is 1. The van der Waals surface area contributed by atoms with Gasteiger partial charge < -0.3 is 10.5 Å². The normalized spacial score (nSPS) is 11.9. The summed E-state index contributed by atoms with van der Waals surface area (Å²) in [5.41, 5.74) is 7.17. The molecule has 0 saturated carbocycles. The highest BCUT2D eigenvalue weighted by Crippen LogP contribution is 2.26. The van der Waals surface area contributed by atoms with E-state index in [2.05, 4.69) is 6.07 Å². The number of hydrogen-bond acceptors (Lipinski definition) is 3. The van der Waals surface area contributed by atoms with Gasteiger partial charge in [0.1, 0.15) is 5.75 Å². The molecule has 3 heteroatoms. The van der Waals surface area contributed by atoms with Crippen LogP contribution >= 0.6 is 0 Å². The molecule has 0 bridgehead atoms. The molecule has 1 rings (SSSR count). The molecule has 1 unspecified atom stereocenters. The molecule has 2 N–H and O–H groups in total. The lowest BCUT2D eigenvalue weighted by Gasteiger charge is -2.14. The van der Waals surface area contributed by atoms with Gasteiger partial charge in [-0.05, 0) is 26.0 Å². The molecule has 1 atom stereocenters. The largest absolute Gasteiger partial charge is 0.493 e.